The van der Waals surface area contributed by atoms with Gasteiger partial charge in [0.05, 0.1) is 31.1 Å². The molecule has 2 aromatic carbocycles. The number of carbonyl (C=O) groups is 12. The second-order valence-corrected chi connectivity index (χ2v) is 29.7. The predicted molar refractivity (Wildman–Crippen MR) is 420 cm³/mol. The summed E-state index contributed by atoms with van der Waals surface area (Å²) in [5.74, 6) is -9.24. The Morgan fingerprint density at radius 3 is 1.29 bits per heavy atom. The average Bonchev–Trinajstić information content (AvgIpc) is 1.74. The van der Waals surface area contributed by atoms with Crippen LogP contribution in [0, 0.1) is 0 Å². The summed E-state index contributed by atoms with van der Waals surface area (Å²) in [4.78, 5) is 198. The third kappa shape index (κ3) is 30.6. The number of carbonyl (C=O) groups excluding carboxylic acids is 11. The molecule has 0 saturated carbocycles. The maximum atomic E-state index is 15.0. The Balaban J connectivity index is 1.25. The van der Waals surface area contributed by atoms with Crippen LogP contribution in [0.15, 0.2) is 103 Å². The van der Waals surface area contributed by atoms with E-state index in [9.17, 15) is 63.0 Å². The van der Waals surface area contributed by atoms with Gasteiger partial charge in [-0.2, -0.15) is 35.3 Å². The minimum atomic E-state index is -1.75. The molecule has 3 aromatic heterocycles. The molecule has 1 aliphatic heterocycles. The molecule has 0 spiro atoms. The molecule has 111 heavy (non-hydrogen) atoms. The molecule has 23 N–H and O–H groups in total. The number of thioether (sulfide) groups is 3. The number of imidazole rings is 3. The smallest absolute Gasteiger partial charge is 0.326 e. The summed E-state index contributed by atoms with van der Waals surface area (Å²) in [5.41, 5.74) is 25.8. The number of benzene rings is 2. The van der Waals surface area contributed by atoms with E-state index in [2.05, 4.69) is 88.1 Å². The number of aliphatic imine (C=N–C) groups is 1. The van der Waals surface area contributed by atoms with E-state index < -0.39 is 144 Å². The third-order valence-corrected chi connectivity index (χ3v) is 20.1. The van der Waals surface area contributed by atoms with Crippen molar-refractivity contribution in [1.82, 2.24) is 88.0 Å². The number of H-pyrrole nitrogens is 3. The summed E-state index contributed by atoms with van der Waals surface area (Å²) in [6, 6.07) is 0.971. The Morgan fingerprint density at radius 2 is 0.883 bits per heavy atom. The number of guanidine groups is 1. The molecule has 1 saturated heterocycles. The fourth-order valence-electron chi connectivity index (χ4n) is 12.1. The van der Waals surface area contributed by atoms with Gasteiger partial charge >= 0.3 is 5.97 Å². The summed E-state index contributed by atoms with van der Waals surface area (Å²) < 4.78 is 0. The minimum Gasteiger partial charge on any atom is -0.480 e. The molecule has 13 atom stereocenters. The van der Waals surface area contributed by atoms with Crippen LogP contribution in [0.5, 0.6) is 0 Å². The summed E-state index contributed by atoms with van der Waals surface area (Å²) >= 11 is 4.30. The second kappa shape index (κ2) is 47.9. The van der Waals surface area contributed by atoms with Gasteiger partial charge in [0.15, 0.2) is 5.96 Å². The van der Waals surface area contributed by atoms with E-state index in [4.69, 9.17) is 22.9 Å². The summed E-state index contributed by atoms with van der Waals surface area (Å²) in [6.45, 7) is 1.71. The molecule has 0 unspecified atom stereocenters. The summed E-state index contributed by atoms with van der Waals surface area (Å²) in [6.07, 6.45) is 13.1. The molecule has 39 heteroatoms. The van der Waals surface area contributed by atoms with E-state index in [1.165, 1.54) is 72.9 Å². The van der Waals surface area contributed by atoms with Gasteiger partial charge in [0.1, 0.15) is 66.5 Å². The van der Waals surface area contributed by atoms with Crippen LogP contribution in [0.2, 0.25) is 0 Å². The number of aliphatic carboxylic acids is 1. The highest BCUT2D eigenvalue weighted by Gasteiger charge is 2.41. The van der Waals surface area contributed by atoms with Crippen LogP contribution in [0.25, 0.3) is 0 Å². The van der Waals surface area contributed by atoms with Gasteiger partial charge in [-0.05, 0) is 125 Å². The normalized spacial score (nSPS) is 15.8. The highest BCUT2D eigenvalue weighted by atomic mass is 32.2. The van der Waals surface area contributed by atoms with Crippen molar-refractivity contribution < 1.29 is 67.7 Å². The fourth-order valence-corrected chi connectivity index (χ4v) is 13.5. The first-order chi connectivity index (χ1) is 53.3. The monoisotopic (exact) mass is 1600 g/mol. The van der Waals surface area contributed by atoms with Gasteiger partial charge in [-0.3, -0.25) is 57.7 Å². The molecule has 606 valence electrons. The van der Waals surface area contributed by atoms with E-state index in [-0.39, 0.29) is 94.9 Å². The second-order valence-electron chi connectivity index (χ2n) is 26.7. The van der Waals surface area contributed by atoms with Crippen molar-refractivity contribution in [3.63, 3.8) is 0 Å². The minimum absolute atomic E-state index is 0.00942. The van der Waals surface area contributed by atoms with Crippen molar-refractivity contribution in [2.24, 2.45) is 27.9 Å². The van der Waals surface area contributed by atoms with Gasteiger partial charge in [0.25, 0.3) is 0 Å². The number of aromatic nitrogens is 6. The lowest BCUT2D eigenvalue weighted by Gasteiger charge is -2.29. The molecule has 11 amide bonds. The van der Waals surface area contributed by atoms with Crippen molar-refractivity contribution in [2.45, 2.75) is 182 Å². The molecule has 36 nitrogen and oxygen atoms in total. The van der Waals surface area contributed by atoms with E-state index >= 15 is 4.79 Å². The number of aliphatic hydroxyl groups is 1. The van der Waals surface area contributed by atoms with Gasteiger partial charge in [-0.1, -0.05) is 60.7 Å². The van der Waals surface area contributed by atoms with Gasteiger partial charge in [-0.15, -0.1) is 0 Å². The van der Waals surface area contributed by atoms with Crippen molar-refractivity contribution in [2.75, 3.05) is 55.7 Å². The molecule has 6 rings (SSSR count). The Morgan fingerprint density at radius 1 is 0.505 bits per heavy atom. The lowest BCUT2D eigenvalue weighted by Crippen LogP contribution is -2.62. The molecule has 5 aromatic rings. The fraction of sp³-hybridized carbons (Fsp3) is 0.528. The Bertz CT molecular complexity index is 3790. The van der Waals surface area contributed by atoms with Crippen molar-refractivity contribution in [3.05, 3.63) is 126 Å². The van der Waals surface area contributed by atoms with E-state index in [1.807, 2.05) is 12.5 Å². The number of carboxylic acids is 1. The van der Waals surface area contributed by atoms with E-state index in [0.29, 0.717) is 78.4 Å². The zero-order chi connectivity index (χ0) is 80.8. The number of aromatic amines is 3. The third-order valence-electron chi connectivity index (χ3n) is 18.1. The number of nitrogens with two attached hydrogens (primary N) is 4. The quantitative estimate of drug-likeness (QED) is 0.0108. The van der Waals surface area contributed by atoms with Crippen LogP contribution in [-0.2, 0) is 89.6 Å². The molecule has 0 bridgehead atoms. The van der Waals surface area contributed by atoms with Crippen LogP contribution >= 0.6 is 35.3 Å². The number of hydrogen-bond donors (Lipinski definition) is 19. The molecule has 1 aliphatic rings. The number of hydrogen-bond acceptors (Lipinski definition) is 22. The summed E-state index contributed by atoms with van der Waals surface area (Å²) in [5, 5.41) is 47.9. The maximum absolute atomic E-state index is 15.0. The van der Waals surface area contributed by atoms with Crippen molar-refractivity contribution in [3.8, 4) is 0 Å². The number of nitrogens with one attached hydrogen (secondary N) is 13. The Kier molecular flexibility index (Phi) is 38.7. The molecule has 0 aliphatic carbocycles. The first kappa shape index (κ1) is 89.8. The highest BCUT2D eigenvalue weighted by molar-refractivity contribution is 7.99. The topological polar surface area (TPSA) is 571 Å². The standard InChI is InChI=1S/C72H106N22O14S3/c1-42(95)59(69(105)92-57(71(107)108)35-47-38-79-41-83-47)93-67(103)56(34-46-37-78-40-82-46)91-65(101)54(32-44-17-9-6-10-18-44)89-62(98)51(23-29-110-3)86-60(96)50(20-13-26-80-72(75)76)85-66(102)55(33-45-36-77-39-81-45)90-61(97)49(19-11-12-25-73)84-64(100)53(31-43-15-7-5-8-16-43)88-63(99)52(24-30-111-4)87-68(104)58-21-14-27-94(58)70(106)48(74)22-28-109-2/h5-10,15-18,36-42,48-59,95H,11-14,19-35,73-74H2,1-4H3,(H,77,81)(H,78,82)(H,79,83)(H,84,100)(H,85,102)(H,86,96)(H,87,104)(H,88,99)(H,89,98)(H,90,97)(H,91,101)(H,92,105)(H,93,103)(H,107,108)(H4,75,76,80)/t42-,48+,49+,50+,51+,52+,53+,54+,55+,56+,57+,58+,59+/m1/s1. The lowest BCUT2D eigenvalue weighted by molar-refractivity contribution is -0.143. The lowest BCUT2D eigenvalue weighted by atomic mass is 10.0. The zero-order valence-electron chi connectivity index (χ0n) is 62.7. The maximum Gasteiger partial charge on any atom is 0.326 e. The molecular formula is C72H106N22O14S3. The number of amides is 11. The van der Waals surface area contributed by atoms with E-state index in [1.54, 1.807) is 78.7 Å². The molecular weight excluding hydrogens is 1490 g/mol. The molecule has 1 fully saturated rings. The van der Waals surface area contributed by atoms with Gasteiger partial charge in [-0.25, -0.2) is 19.7 Å². The Hall–Kier alpha value is -10.1. The number of unbranched alkanes of at least 4 members (excludes halogenated alkanes) is 1. The number of likely N-dealkylation sites (tertiary alicyclic amines) is 1. The van der Waals surface area contributed by atoms with Gasteiger partial charge in [0.2, 0.25) is 65.0 Å². The van der Waals surface area contributed by atoms with Crippen LogP contribution < -0.4 is 76.1 Å². The van der Waals surface area contributed by atoms with Crippen LogP contribution in [0.3, 0.4) is 0 Å². The zero-order valence-corrected chi connectivity index (χ0v) is 65.1. The predicted octanol–water partition coefficient (Wildman–Crippen LogP) is -2.56. The van der Waals surface area contributed by atoms with E-state index in [0.717, 1.165) is 0 Å². The average molecular weight is 1600 g/mol. The van der Waals surface area contributed by atoms with Crippen molar-refractivity contribution in [1.29, 1.82) is 0 Å². The summed E-state index contributed by atoms with van der Waals surface area (Å²) in [7, 11) is 0. The number of rotatable bonds is 50. The SMILES string of the molecule is CSCC[C@H](NC(=O)[C@H](CCCN=C(N)N)NC(=O)[C@H](Cc1cnc[nH]1)NC(=O)[C@H](CCCCN)NC(=O)[C@H](Cc1ccccc1)NC(=O)[C@H](CCSC)NC(=O)[C@@H]1CCCN1C(=O)[C@@H](N)CCSC)C(=O)N[C@@H](Cc1ccccc1)C(=O)N[C@@H](Cc1cnc[nH]1)C(=O)N[C@H](C(=O)N[C@@H](Cc1cnc[nH]1)C(=O)O)[C@@H](C)O. The van der Waals surface area contributed by atoms with Gasteiger partial charge in [0, 0.05) is 80.9 Å². The van der Waals surface area contributed by atoms with Crippen LogP contribution in [0.4, 0.5) is 0 Å². The number of nitrogens with zero attached hydrogens (tertiary/aromatic N) is 5. The first-order valence-electron chi connectivity index (χ1n) is 36.6. The molecule has 4 heterocycles. The number of carboxylic acid groups (broad SMARTS) is 1. The molecule has 0 radical (unpaired) electrons. The largest absolute Gasteiger partial charge is 0.480 e. The Labute approximate surface area is 656 Å². The number of aliphatic hydroxyl groups excluding tert-OH is 1. The van der Waals surface area contributed by atoms with Crippen LogP contribution in [0.1, 0.15) is 99.3 Å². The van der Waals surface area contributed by atoms with Crippen LogP contribution in [-0.4, -0.2) is 256 Å². The first-order valence-corrected chi connectivity index (χ1v) is 40.7. The van der Waals surface area contributed by atoms with Crippen molar-refractivity contribution >= 4 is 112 Å². The van der Waals surface area contributed by atoms with Gasteiger partial charge < -0.3 is 106 Å². The highest BCUT2D eigenvalue weighted by Crippen LogP contribution is 2.21.